The van der Waals surface area contributed by atoms with Crippen molar-refractivity contribution in [2.75, 3.05) is 0 Å². The van der Waals surface area contributed by atoms with Gasteiger partial charge in [-0.1, -0.05) is 31.9 Å². The summed E-state index contributed by atoms with van der Waals surface area (Å²) in [6.45, 7) is 2.19. The molecule has 0 atom stereocenters. The lowest BCUT2D eigenvalue weighted by Crippen LogP contribution is -1.95. The zero-order valence-corrected chi connectivity index (χ0v) is 12.7. The van der Waals surface area contributed by atoms with E-state index in [2.05, 4.69) is 19.1 Å². The molecule has 0 radical (unpaired) electrons. The van der Waals surface area contributed by atoms with E-state index in [-0.39, 0.29) is 10.7 Å². The molecule has 0 aliphatic rings. The molecule has 0 aromatic carbocycles. The molecule has 110 valence electrons. The molecule has 0 saturated carbocycles. The molecule has 0 aliphatic carbocycles. The Kier molecular flexibility index (Phi) is 7.88. The van der Waals surface area contributed by atoms with Crippen molar-refractivity contribution in [1.29, 1.82) is 0 Å². The molecule has 1 rings (SSSR count). The molecule has 3 nitrogen and oxygen atoms in total. The minimum absolute atomic E-state index is 0.0434. The predicted octanol–water partition coefficient (Wildman–Crippen LogP) is 4.94. The van der Waals surface area contributed by atoms with Crippen molar-refractivity contribution < 1.29 is 14.7 Å². The minimum atomic E-state index is -0.968. The van der Waals surface area contributed by atoms with Crippen LogP contribution in [0.4, 0.5) is 0 Å². The van der Waals surface area contributed by atoms with Crippen molar-refractivity contribution >= 4 is 23.1 Å². The van der Waals surface area contributed by atoms with Gasteiger partial charge in [0.15, 0.2) is 5.78 Å². The summed E-state index contributed by atoms with van der Waals surface area (Å²) in [5.74, 6) is -0.925. The molecule has 0 aliphatic heterocycles. The Morgan fingerprint density at radius 3 is 2.35 bits per heavy atom. The number of carboxylic acids is 1. The van der Waals surface area contributed by atoms with Crippen molar-refractivity contribution in [2.24, 2.45) is 0 Å². The second-order valence-electron chi connectivity index (χ2n) is 4.75. The average Bonchev–Trinajstić information content (AvgIpc) is 2.91. The topological polar surface area (TPSA) is 54.4 Å². The maximum absolute atomic E-state index is 11.8. The van der Waals surface area contributed by atoms with Crippen LogP contribution in [0, 0.1) is 0 Å². The SMILES string of the molecule is CCCCC/C=C/CCCC(=O)c1ccc(C(=O)O)s1. The fraction of sp³-hybridized carbons (Fsp3) is 0.500. The van der Waals surface area contributed by atoms with Crippen LogP contribution in [-0.4, -0.2) is 16.9 Å². The van der Waals surface area contributed by atoms with E-state index in [4.69, 9.17) is 5.11 Å². The predicted molar refractivity (Wildman–Crippen MR) is 82.7 cm³/mol. The lowest BCUT2D eigenvalue weighted by Gasteiger charge is -1.96. The Morgan fingerprint density at radius 2 is 1.75 bits per heavy atom. The lowest BCUT2D eigenvalue weighted by atomic mass is 10.1. The number of rotatable bonds is 10. The third-order valence-corrected chi connectivity index (χ3v) is 4.12. The first-order valence-corrected chi connectivity index (χ1v) is 7.98. The van der Waals surface area contributed by atoms with E-state index >= 15 is 0 Å². The van der Waals surface area contributed by atoms with E-state index in [1.54, 1.807) is 6.07 Å². The number of hydrogen-bond acceptors (Lipinski definition) is 3. The number of thiophene rings is 1. The molecular formula is C16H22O3S. The first-order valence-electron chi connectivity index (χ1n) is 7.16. The van der Waals surface area contributed by atoms with Gasteiger partial charge < -0.3 is 5.11 Å². The average molecular weight is 294 g/mol. The molecule has 20 heavy (non-hydrogen) atoms. The Morgan fingerprint density at radius 1 is 1.10 bits per heavy atom. The Hall–Kier alpha value is -1.42. The molecule has 0 amide bonds. The first kappa shape index (κ1) is 16.6. The second-order valence-corrected chi connectivity index (χ2v) is 5.84. The second kappa shape index (κ2) is 9.48. The molecule has 0 spiro atoms. The highest BCUT2D eigenvalue weighted by Gasteiger charge is 2.12. The molecule has 0 saturated heterocycles. The summed E-state index contributed by atoms with van der Waals surface area (Å²) in [6.07, 6.45) is 11.4. The van der Waals surface area contributed by atoms with Crippen molar-refractivity contribution in [3.63, 3.8) is 0 Å². The van der Waals surface area contributed by atoms with Crippen molar-refractivity contribution in [1.82, 2.24) is 0 Å². The van der Waals surface area contributed by atoms with Crippen molar-refractivity contribution in [2.45, 2.75) is 51.9 Å². The number of aromatic carboxylic acids is 1. The minimum Gasteiger partial charge on any atom is -0.477 e. The quantitative estimate of drug-likeness (QED) is 0.378. The molecular weight excluding hydrogens is 272 g/mol. The number of carboxylic acid groups (broad SMARTS) is 1. The maximum atomic E-state index is 11.8. The van der Waals surface area contributed by atoms with Crippen LogP contribution in [0.15, 0.2) is 24.3 Å². The zero-order chi connectivity index (χ0) is 14.8. The van der Waals surface area contributed by atoms with Gasteiger partial charge in [-0.3, -0.25) is 4.79 Å². The van der Waals surface area contributed by atoms with Crippen LogP contribution < -0.4 is 0 Å². The molecule has 1 heterocycles. The summed E-state index contributed by atoms with van der Waals surface area (Å²) in [5.41, 5.74) is 0. The van der Waals surface area contributed by atoms with Crippen LogP contribution in [0.3, 0.4) is 0 Å². The maximum Gasteiger partial charge on any atom is 0.345 e. The summed E-state index contributed by atoms with van der Waals surface area (Å²) in [4.78, 5) is 23.4. The standard InChI is InChI=1S/C16H22O3S/c1-2-3-4-5-6-7-8-9-10-13(17)14-11-12-15(20-14)16(18)19/h6-7,11-12H,2-5,8-10H2,1H3,(H,18,19)/b7-6+. The van der Waals surface area contributed by atoms with Gasteiger partial charge in [0, 0.05) is 6.42 Å². The fourth-order valence-electron chi connectivity index (χ4n) is 1.85. The summed E-state index contributed by atoms with van der Waals surface area (Å²) in [5, 5.41) is 8.80. The van der Waals surface area contributed by atoms with Gasteiger partial charge in [0.05, 0.1) is 4.88 Å². The van der Waals surface area contributed by atoms with Gasteiger partial charge in [0.25, 0.3) is 0 Å². The van der Waals surface area contributed by atoms with Crippen LogP contribution in [0.2, 0.25) is 0 Å². The van der Waals surface area contributed by atoms with Gasteiger partial charge in [-0.05, 0) is 37.8 Å². The smallest absolute Gasteiger partial charge is 0.345 e. The molecule has 1 aromatic heterocycles. The van der Waals surface area contributed by atoms with Crippen LogP contribution in [0.1, 0.15) is 71.2 Å². The van der Waals surface area contributed by atoms with E-state index < -0.39 is 5.97 Å². The monoisotopic (exact) mass is 294 g/mol. The molecule has 0 unspecified atom stereocenters. The van der Waals surface area contributed by atoms with Gasteiger partial charge in [0.1, 0.15) is 4.88 Å². The molecule has 0 fully saturated rings. The number of hydrogen-bond donors (Lipinski definition) is 1. The molecule has 1 aromatic rings. The van der Waals surface area contributed by atoms with Gasteiger partial charge >= 0.3 is 5.97 Å². The van der Waals surface area contributed by atoms with Crippen LogP contribution >= 0.6 is 11.3 Å². The number of ketones is 1. The van der Waals surface area contributed by atoms with Gasteiger partial charge in [0.2, 0.25) is 0 Å². The lowest BCUT2D eigenvalue weighted by molar-refractivity contribution is 0.0702. The Balaban J connectivity index is 2.21. The summed E-state index contributed by atoms with van der Waals surface area (Å²) in [7, 11) is 0. The van der Waals surface area contributed by atoms with Crippen molar-refractivity contribution in [3.05, 3.63) is 34.0 Å². The number of unbranched alkanes of at least 4 members (excludes halogenated alkanes) is 4. The van der Waals surface area contributed by atoms with E-state index in [0.29, 0.717) is 11.3 Å². The summed E-state index contributed by atoms with van der Waals surface area (Å²) >= 11 is 1.06. The van der Waals surface area contributed by atoms with E-state index in [9.17, 15) is 9.59 Å². The number of Topliss-reactive ketones (excluding diaryl/α,β-unsaturated/α-hetero) is 1. The normalized spacial score (nSPS) is 11.1. The first-order chi connectivity index (χ1) is 9.65. The highest BCUT2D eigenvalue weighted by Crippen LogP contribution is 2.19. The molecule has 0 bridgehead atoms. The van der Waals surface area contributed by atoms with Crippen molar-refractivity contribution in [3.8, 4) is 0 Å². The van der Waals surface area contributed by atoms with Crippen LogP contribution in [0.25, 0.3) is 0 Å². The summed E-state index contributed by atoms with van der Waals surface area (Å²) in [6, 6.07) is 3.10. The van der Waals surface area contributed by atoms with Gasteiger partial charge in [-0.2, -0.15) is 0 Å². The zero-order valence-electron chi connectivity index (χ0n) is 11.9. The molecule has 4 heteroatoms. The number of carbonyl (C=O) groups excluding carboxylic acids is 1. The molecule has 1 N–H and O–H groups in total. The third-order valence-electron chi connectivity index (χ3n) is 3.01. The fourth-order valence-corrected chi connectivity index (χ4v) is 2.67. The van der Waals surface area contributed by atoms with Gasteiger partial charge in [-0.15, -0.1) is 11.3 Å². The third kappa shape index (κ3) is 6.15. The van der Waals surface area contributed by atoms with E-state index in [0.717, 1.165) is 30.6 Å². The van der Waals surface area contributed by atoms with Crippen LogP contribution in [0.5, 0.6) is 0 Å². The highest BCUT2D eigenvalue weighted by atomic mass is 32.1. The number of allylic oxidation sites excluding steroid dienone is 2. The Labute approximate surface area is 124 Å². The summed E-state index contributed by atoms with van der Waals surface area (Å²) < 4.78 is 0. The highest BCUT2D eigenvalue weighted by molar-refractivity contribution is 7.15. The van der Waals surface area contributed by atoms with E-state index in [1.165, 1.54) is 25.3 Å². The van der Waals surface area contributed by atoms with E-state index in [1.807, 2.05) is 0 Å². The van der Waals surface area contributed by atoms with Gasteiger partial charge in [-0.25, -0.2) is 4.79 Å². The van der Waals surface area contributed by atoms with Crippen LogP contribution in [-0.2, 0) is 0 Å². The largest absolute Gasteiger partial charge is 0.477 e. The number of carbonyl (C=O) groups is 2. The Bertz CT molecular complexity index is 460.